The van der Waals surface area contributed by atoms with Crippen molar-refractivity contribution in [1.29, 1.82) is 0 Å². The molecule has 0 atom stereocenters. The van der Waals surface area contributed by atoms with Crippen molar-refractivity contribution in [1.82, 2.24) is 9.78 Å². The van der Waals surface area contributed by atoms with Crippen LogP contribution in [-0.4, -0.2) is 28.0 Å². The highest BCUT2D eigenvalue weighted by molar-refractivity contribution is 5.67. The maximum atomic E-state index is 12.1. The number of nitrogens with zero attached hydrogens (tertiary/aromatic N) is 1. The summed E-state index contributed by atoms with van der Waals surface area (Å²) < 4.78 is 6.53. The predicted molar refractivity (Wildman–Crippen MR) is 68.9 cm³/mol. The largest absolute Gasteiger partial charge is 0.494 e. The number of aliphatic carboxylic acids is 1. The number of carboxylic acids is 1. The number of benzene rings is 1. The van der Waals surface area contributed by atoms with Crippen LogP contribution in [0, 0.1) is 0 Å². The Bertz CT molecular complexity index is 642. The number of nitrogens with one attached hydrogen (secondary N) is 1. The first-order chi connectivity index (χ1) is 9.13. The maximum Gasteiger partial charge on any atom is 0.303 e. The molecule has 0 saturated carbocycles. The van der Waals surface area contributed by atoms with Gasteiger partial charge in [-0.3, -0.25) is 14.7 Å². The molecule has 1 aromatic carbocycles. The molecular weight excluding hydrogens is 248 g/mol. The summed E-state index contributed by atoms with van der Waals surface area (Å²) in [6, 6.07) is 7.10. The third kappa shape index (κ3) is 2.67. The van der Waals surface area contributed by atoms with Crippen molar-refractivity contribution in [3.8, 4) is 11.4 Å². The number of aromatic nitrogens is 2. The Morgan fingerprint density at radius 2 is 2.16 bits per heavy atom. The normalized spacial score (nSPS) is 10.4. The molecule has 2 rings (SSSR count). The molecule has 0 aliphatic carbocycles. The van der Waals surface area contributed by atoms with E-state index in [9.17, 15) is 9.59 Å². The molecule has 0 bridgehead atoms. The zero-order chi connectivity index (χ0) is 13.8. The van der Waals surface area contributed by atoms with Crippen molar-refractivity contribution in [2.45, 2.75) is 12.8 Å². The van der Waals surface area contributed by atoms with E-state index in [0.717, 1.165) is 0 Å². The molecule has 6 nitrogen and oxygen atoms in total. The molecule has 6 heteroatoms. The molecule has 0 radical (unpaired) electrons. The molecule has 2 aromatic rings. The SMILES string of the molecule is COc1ccccc1-n1[nH]cc(CCC(=O)O)c1=O. The minimum atomic E-state index is -0.926. The van der Waals surface area contributed by atoms with E-state index in [1.807, 2.05) is 6.07 Å². The van der Waals surface area contributed by atoms with E-state index in [4.69, 9.17) is 9.84 Å². The van der Waals surface area contributed by atoms with E-state index in [0.29, 0.717) is 17.0 Å². The lowest BCUT2D eigenvalue weighted by atomic mass is 10.2. The van der Waals surface area contributed by atoms with Gasteiger partial charge in [0.05, 0.1) is 7.11 Å². The highest BCUT2D eigenvalue weighted by atomic mass is 16.5. The molecular formula is C13H14N2O4. The fraction of sp³-hybridized carbons (Fsp3) is 0.231. The third-order valence-electron chi connectivity index (χ3n) is 2.78. The van der Waals surface area contributed by atoms with Gasteiger partial charge in [0.25, 0.3) is 5.56 Å². The Morgan fingerprint density at radius 3 is 2.84 bits per heavy atom. The second-order valence-electron chi connectivity index (χ2n) is 4.00. The third-order valence-corrected chi connectivity index (χ3v) is 2.78. The average molecular weight is 262 g/mol. The van der Waals surface area contributed by atoms with Gasteiger partial charge in [-0.25, -0.2) is 4.68 Å². The molecule has 19 heavy (non-hydrogen) atoms. The fourth-order valence-electron chi connectivity index (χ4n) is 1.82. The molecule has 0 spiro atoms. The van der Waals surface area contributed by atoms with Gasteiger partial charge in [0.1, 0.15) is 11.4 Å². The summed E-state index contributed by atoms with van der Waals surface area (Å²) in [4.78, 5) is 22.7. The molecule has 0 unspecified atom stereocenters. The van der Waals surface area contributed by atoms with Crippen LogP contribution >= 0.6 is 0 Å². The van der Waals surface area contributed by atoms with Crippen LogP contribution in [0.4, 0.5) is 0 Å². The zero-order valence-corrected chi connectivity index (χ0v) is 10.4. The van der Waals surface area contributed by atoms with E-state index in [1.54, 1.807) is 18.2 Å². The van der Waals surface area contributed by atoms with Gasteiger partial charge in [0.2, 0.25) is 0 Å². The van der Waals surface area contributed by atoms with Gasteiger partial charge in [0, 0.05) is 18.2 Å². The summed E-state index contributed by atoms with van der Waals surface area (Å²) in [7, 11) is 1.53. The topological polar surface area (TPSA) is 84.3 Å². The lowest BCUT2D eigenvalue weighted by Crippen LogP contribution is -2.18. The molecule has 0 saturated heterocycles. The number of carbonyl (C=O) groups is 1. The molecule has 0 aliphatic rings. The lowest BCUT2D eigenvalue weighted by Gasteiger charge is -2.07. The van der Waals surface area contributed by atoms with Crippen LogP contribution < -0.4 is 10.3 Å². The Balaban J connectivity index is 2.36. The van der Waals surface area contributed by atoms with Gasteiger partial charge in [-0.15, -0.1) is 0 Å². The first-order valence-electron chi connectivity index (χ1n) is 5.78. The monoisotopic (exact) mass is 262 g/mol. The van der Waals surface area contributed by atoms with Crippen LogP contribution in [-0.2, 0) is 11.2 Å². The van der Waals surface area contributed by atoms with Crippen molar-refractivity contribution in [2.75, 3.05) is 7.11 Å². The summed E-state index contributed by atoms with van der Waals surface area (Å²) in [5.74, 6) is -0.360. The van der Waals surface area contributed by atoms with E-state index in [1.165, 1.54) is 18.0 Å². The first-order valence-corrected chi connectivity index (χ1v) is 5.78. The van der Waals surface area contributed by atoms with Crippen molar-refractivity contribution in [3.63, 3.8) is 0 Å². The molecule has 2 N–H and O–H groups in total. The van der Waals surface area contributed by atoms with Crippen LogP contribution in [0.5, 0.6) is 5.75 Å². The Kier molecular flexibility index (Phi) is 3.70. The van der Waals surface area contributed by atoms with Gasteiger partial charge < -0.3 is 9.84 Å². The Labute approximate surface area is 109 Å². The predicted octanol–water partition coefficient (Wildman–Crippen LogP) is 1.19. The van der Waals surface area contributed by atoms with Crippen LogP contribution in [0.15, 0.2) is 35.3 Å². The number of ether oxygens (including phenoxy) is 1. The molecule has 1 aromatic heterocycles. The summed E-state index contributed by atoms with van der Waals surface area (Å²) in [6.07, 6.45) is 1.66. The number of hydrogen-bond acceptors (Lipinski definition) is 3. The fourth-order valence-corrected chi connectivity index (χ4v) is 1.82. The minimum Gasteiger partial charge on any atom is -0.494 e. The average Bonchev–Trinajstić information content (AvgIpc) is 2.77. The van der Waals surface area contributed by atoms with Gasteiger partial charge >= 0.3 is 5.97 Å². The number of aryl methyl sites for hydroxylation is 1. The number of carboxylic acid groups (broad SMARTS) is 1. The van der Waals surface area contributed by atoms with Gasteiger partial charge in [0.15, 0.2) is 0 Å². The Hall–Kier alpha value is -2.50. The summed E-state index contributed by atoms with van der Waals surface area (Å²) in [5, 5.41) is 11.5. The van der Waals surface area contributed by atoms with Gasteiger partial charge in [-0.1, -0.05) is 12.1 Å². The maximum absolute atomic E-state index is 12.1. The molecule has 100 valence electrons. The highest BCUT2D eigenvalue weighted by Crippen LogP contribution is 2.19. The van der Waals surface area contributed by atoms with Crippen LogP contribution in [0.1, 0.15) is 12.0 Å². The molecule has 0 amide bonds. The van der Waals surface area contributed by atoms with Crippen molar-refractivity contribution in [3.05, 3.63) is 46.4 Å². The van der Waals surface area contributed by atoms with Crippen molar-refractivity contribution in [2.24, 2.45) is 0 Å². The quantitative estimate of drug-likeness (QED) is 0.847. The zero-order valence-electron chi connectivity index (χ0n) is 10.4. The highest BCUT2D eigenvalue weighted by Gasteiger charge is 2.12. The minimum absolute atomic E-state index is 0.0704. The van der Waals surface area contributed by atoms with E-state index in [-0.39, 0.29) is 18.4 Å². The Morgan fingerprint density at radius 1 is 1.42 bits per heavy atom. The van der Waals surface area contributed by atoms with E-state index >= 15 is 0 Å². The first kappa shape index (κ1) is 12.9. The van der Waals surface area contributed by atoms with Gasteiger partial charge in [-0.05, 0) is 18.6 Å². The lowest BCUT2D eigenvalue weighted by molar-refractivity contribution is -0.136. The van der Waals surface area contributed by atoms with Crippen LogP contribution in [0.3, 0.4) is 0 Å². The number of hydrogen-bond donors (Lipinski definition) is 2. The van der Waals surface area contributed by atoms with Crippen LogP contribution in [0.2, 0.25) is 0 Å². The van der Waals surface area contributed by atoms with Crippen molar-refractivity contribution >= 4 is 5.97 Å². The molecule has 0 fully saturated rings. The van der Waals surface area contributed by atoms with Gasteiger partial charge in [-0.2, -0.15) is 0 Å². The number of para-hydroxylation sites is 2. The molecule has 0 aliphatic heterocycles. The standard InChI is InChI=1S/C13H14N2O4/c1-19-11-5-3-2-4-10(11)15-13(18)9(8-14-15)6-7-12(16)17/h2-5,8,14H,6-7H2,1H3,(H,16,17). The van der Waals surface area contributed by atoms with Crippen molar-refractivity contribution < 1.29 is 14.6 Å². The van der Waals surface area contributed by atoms with E-state index in [2.05, 4.69) is 5.10 Å². The molecule has 1 heterocycles. The number of H-pyrrole nitrogens is 1. The number of rotatable bonds is 5. The smallest absolute Gasteiger partial charge is 0.303 e. The second kappa shape index (κ2) is 5.43. The van der Waals surface area contributed by atoms with E-state index < -0.39 is 5.97 Å². The number of aromatic amines is 1. The summed E-state index contributed by atoms with van der Waals surface area (Å²) in [5.41, 5.74) is 0.774. The number of methoxy groups -OCH3 is 1. The van der Waals surface area contributed by atoms with Crippen LogP contribution in [0.25, 0.3) is 5.69 Å². The summed E-state index contributed by atoms with van der Waals surface area (Å²) >= 11 is 0. The summed E-state index contributed by atoms with van der Waals surface area (Å²) in [6.45, 7) is 0. The second-order valence-corrected chi connectivity index (χ2v) is 4.00.